The second-order valence-corrected chi connectivity index (χ2v) is 9.70. The number of nitrogens with one attached hydrogen (secondary N) is 1. The molecule has 206 valence electrons. The molecule has 0 radical (unpaired) electrons. The van der Waals surface area contributed by atoms with Gasteiger partial charge in [0.05, 0.1) is 17.3 Å². The molecule has 1 atom stereocenters. The summed E-state index contributed by atoms with van der Waals surface area (Å²) in [4.78, 5) is 13.3. The van der Waals surface area contributed by atoms with Gasteiger partial charge >= 0.3 is 6.18 Å². The lowest BCUT2D eigenvalue weighted by Crippen LogP contribution is -2.17. The van der Waals surface area contributed by atoms with Crippen LogP contribution in [0.5, 0.6) is 0 Å². The maximum Gasteiger partial charge on any atom is 0.435 e. The number of rotatable bonds is 5. The van der Waals surface area contributed by atoms with E-state index in [4.69, 9.17) is 0 Å². The number of nitriles is 1. The van der Waals surface area contributed by atoms with Crippen LogP contribution in [-0.4, -0.2) is 20.8 Å². The topological polar surface area (TPSA) is 90.9 Å². The molecule has 0 aliphatic rings. The van der Waals surface area contributed by atoms with Gasteiger partial charge in [-0.25, -0.2) is 4.68 Å². The van der Waals surface area contributed by atoms with Gasteiger partial charge in [-0.15, -0.1) is 0 Å². The van der Waals surface area contributed by atoms with Crippen molar-refractivity contribution in [2.75, 3.05) is 5.32 Å². The van der Waals surface area contributed by atoms with E-state index in [2.05, 4.69) is 16.5 Å². The van der Waals surface area contributed by atoms with E-state index in [1.54, 1.807) is 24.3 Å². The fourth-order valence-corrected chi connectivity index (χ4v) is 5.08. The number of nitrogens with zero attached hydrogens (tertiary/aromatic N) is 3. The first-order chi connectivity index (χ1) is 20.2. The fraction of sp³-hybridized carbons (Fsp3) is 0.0606. The molecule has 0 aliphatic heterocycles. The molecule has 0 saturated carbocycles. The highest BCUT2D eigenvalue weighted by atomic mass is 19.4. The molecule has 0 saturated heterocycles. The quantitative estimate of drug-likeness (QED) is 0.214. The first-order valence-electron chi connectivity index (χ1n) is 12.9. The van der Waals surface area contributed by atoms with Crippen molar-refractivity contribution in [1.29, 1.82) is 5.26 Å². The predicted molar refractivity (Wildman–Crippen MR) is 153 cm³/mol. The van der Waals surface area contributed by atoms with Gasteiger partial charge in [-0.05, 0) is 63.5 Å². The van der Waals surface area contributed by atoms with Gasteiger partial charge in [0, 0.05) is 17.3 Å². The highest BCUT2D eigenvalue weighted by Crippen LogP contribution is 2.36. The first-order valence-corrected chi connectivity index (χ1v) is 12.9. The number of alkyl halides is 3. The number of hydrogen-bond donors (Lipinski definition) is 2. The van der Waals surface area contributed by atoms with Crippen LogP contribution in [0.25, 0.3) is 27.2 Å². The molecular formula is C33H21F3N4O2. The van der Waals surface area contributed by atoms with E-state index in [9.17, 15) is 28.3 Å². The number of aliphatic hydroxyl groups is 1. The van der Waals surface area contributed by atoms with E-state index in [-0.39, 0.29) is 22.6 Å². The minimum Gasteiger partial charge on any atom is -0.384 e. The summed E-state index contributed by atoms with van der Waals surface area (Å²) in [6.07, 6.45) is -5.85. The molecule has 1 heterocycles. The van der Waals surface area contributed by atoms with Crippen molar-refractivity contribution in [3.8, 4) is 11.8 Å². The van der Waals surface area contributed by atoms with Crippen molar-refractivity contribution in [3.63, 3.8) is 0 Å². The highest BCUT2D eigenvalue weighted by molar-refractivity contribution is 6.04. The Kier molecular flexibility index (Phi) is 6.69. The molecule has 0 spiro atoms. The van der Waals surface area contributed by atoms with Gasteiger partial charge in [0.15, 0.2) is 5.69 Å². The largest absolute Gasteiger partial charge is 0.435 e. The number of carbonyl (C=O) groups excluding carboxylic acids is 1. The summed E-state index contributed by atoms with van der Waals surface area (Å²) in [6.45, 7) is 0. The van der Waals surface area contributed by atoms with Crippen molar-refractivity contribution < 1.29 is 23.1 Å². The van der Waals surface area contributed by atoms with Crippen LogP contribution >= 0.6 is 0 Å². The maximum absolute atomic E-state index is 13.6. The van der Waals surface area contributed by atoms with Crippen LogP contribution in [0.3, 0.4) is 0 Å². The molecule has 0 fully saturated rings. The van der Waals surface area contributed by atoms with Crippen LogP contribution in [-0.2, 0) is 6.18 Å². The zero-order valence-electron chi connectivity index (χ0n) is 21.8. The van der Waals surface area contributed by atoms with E-state index in [1.807, 2.05) is 54.6 Å². The Labute approximate surface area is 237 Å². The maximum atomic E-state index is 13.6. The average Bonchev–Trinajstić information content (AvgIpc) is 3.47. The summed E-state index contributed by atoms with van der Waals surface area (Å²) >= 11 is 0. The Morgan fingerprint density at radius 3 is 2.19 bits per heavy atom. The molecule has 6 aromatic rings. The Balaban J connectivity index is 1.38. The van der Waals surface area contributed by atoms with E-state index < -0.39 is 23.9 Å². The molecular weight excluding hydrogens is 541 g/mol. The van der Waals surface area contributed by atoms with Crippen LogP contribution in [0, 0.1) is 11.3 Å². The number of benzene rings is 5. The van der Waals surface area contributed by atoms with E-state index in [0.717, 1.165) is 26.2 Å². The number of aliphatic hydroxyl groups excluding tert-OH is 1. The predicted octanol–water partition coefficient (Wildman–Crippen LogP) is 7.40. The van der Waals surface area contributed by atoms with Crippen molar-refractivity contribution in [3.05, 3.63) is 137 Å². The summed E-state index contributed by atoms with van der Waals surface area (Å²) in [6, 6.07) is 32.4. The number of aromatic nitrogens is 2. The summed E-state index contributed by atoms with van der Waals surface area (Å²) in [5.41, 5.74) is 0.170. The number of fused-ring (bicyclic) bond motifs is 2. The SMILES string of the molecule is N#Cc1cccc(-n2nc(C(F)(F)F)cc2C(=O)Nc2cccc(C(O)c3c4ccccc4cc4ccccc34)c2)c1. The number of halogens is 3. The molecule has 0 aliphatic carbocycles. The zero-order chi connectivity index (χ0) is 29.4. The molecule has 2 N–H and O–H groups in total. The number of hydrogen-bond acceptors (Lipinski definition) is 4. The van der Waals surface area contributed by atoms with Gasteiger partial charge in [0.25, 0.3) is 5.91 Å². The zero-order valence-corrected chi connectivity index (χ0v) is 21.8. The molecule has 42 heavy (non-hydrogen) atoms. The van der Waals surface area contributed by atoms with Crippen LogP contribution in [0.4, 0.5) is 18.9 Å². The number of anilines is 1. The number of amides is 1. The lowest BCUT2D eigenvalue weighted by atomic mass is 9.90. The Hall–Kier alpha value is -5.46. The molecule has 0 bridgehead atoms. The van der Waals surface area contributed by atoms with Crippen LogP contribution in [0.1, 0.15) is 39.0 Å². The van der Waals surface area contributed by atoms with E-state index >= 15 is 0 Å². The Bertz CT molecular complexity index is 1970. The fourth-order valence-electron chi connectivity index (χ4n) is 5.08. The van der Waals surface area contributed by atoms with E-state index in [0.29, 0.717) is 17.2 Å². The number of carbonyl (C=O) groups is 1. The summed E-state index contributed by atoms with van der Waals surface area (Å²) in [7, 11) is 0. The third kappa shape index (κ3) is 4.96. The third-order valence-electron chi connectivity index (χ3n) is 7.00. The molecule has 6 nitrogen and oxygen atoms in total. The molecule has 1 aromatic heterocycles. The van der Waals surface area contributed by atoms with Gasteiger partial charge in [0.1, 0.15) is 11.8 Å². The lowest BCUT2D eigenvalue weighted by Gasteiger charge is -2.18. The molecule has 5 aromatic carbocycles. The smallest absolute Gasteiger partial charge is 0.384 e. The van der Waals surface area contributed by atoms with Gasteiger partial charge in [-0.2, -0.15) is 23.5 Å². The third-order valence-corrected chi connectivity index (χ3v) is 7.00. The summed E-state index contributed by atoms with van der Waals surface area (Å²) in [5, 5.41) is 30.8. The highest BCUT2D eigenvalue weighted by Gasteiger charge is 2.36. The van der Waals surface area contributed by atoms with Crippen LogP contribution < -0.4 is 5.32 Å². The summed E-state index contributed by atoms with van der Waals surface area (Å²) < 4.78 is 41.6. The van der Waals surface area contributed by atoms with Crippen molar-refractivity contribution in [1.82, 2.24) is 9.78 Å². The van der Waals surface area contributed by atoms with Gasteiger partial charge in [-0.3, -0.25) is 4.79 Å². The second-order valence-electron chi connectivity index (χ2n) is 9.70. The monoisotopic (exact) mass is 562 g/mol. The average molecular weight is 563 g/mol. The molecule has 1 amide bonds. The van der Waals surface area contributed by atoms with Gasteiger partial charge < -0.3 is 10.4 Å². The van der Waals surface area contributed by atoms with Gasteiger partial charge in [-0.1, -0.05) is 66.7 Å². The first kappa shape index (κ1) is 26.7. The summed E-state index contributed by atoms with van der Waals surface area (Å²) in [5.74, 6) is -0.845. The standard InChI is InChI=1S/C33H21F3N4O2/c34-33(35,36)29-18-28(40(39-29)25-12-5-7-20(15-25)19-37)32(42)38-24-11-6-10-23(17-24)31(41)30-26-13-3-1-8-21(26)16-22-9-2-4-14-27(22)30/h1-18,31,41H,(H,38,42). The van der Waals surface area contributed by atoms with Crippen molar-refractivity contribution >= 4 is 33.1 Å². The normalized spacial score (nSPS) is 12.3. The Morgan fingerprint density at radius 2 is 1.52 bits per heavy atom. The second kappa shape index (κ2) is 10.5. The minimum atomic E-state index is -4.79. The minimum absolute atomic E-state index is 0.127. The molecule has 6 rings (SSSR count). The van der Waals surface area contributed by atoms with Crippen molar-refractivity contribution in [2.24, 2.45) is 0 Å². The van der Waals surface area contributed by atoms with Crippen LogP contribution in [0.15, 0.2) is 109 Å². The van der Waals surface area contributed by atoms with Crippen molar-refractivity contribution in [2.45, 2.75) is 12.3 Å². The molecule has 9 heteroatoms. The lowest BCUT2D eigenvalue weighted by molar-refractivity contribution is -0.141. The molecule has 1 unspecified atom stereocenters. The van der Waals surface area contributed by atoms with Crippen LogP contribution in [0.2, 0.25) is 0 Å². The Morgan fingerprint density at radius 1 is 0.857 bits per heavy atom. The van der Waals surface area contributed by atoms with Gasteiger partial charge in [0.2, 0.25) is 0 Å². The van der Waals surface area contributed by atoms with E-state index in [1.165, 1.54) is 24.3 Å².